The van der Waals surface area contributed by atoms with Gasteiger partial charge in [0.05, 0.1) is 18.2 Å². The van der Waals surface area contributed by atoms with Crippen LogP contribution in [0.4, 0.5) is 13.2 Å². The Morgan fingerprint density at radius 3 is 2.81 bits per heavy atom. The molecule has 0 radical (unpaired) electrons. The van der Waals surface area contributed by atoms with Gasteiger partial charge in [0.2, 0.25) is 0 Å². The molecule has 1 unspecified atom stereocenters. The minimum absolute atomic E-state index is 0.0219. The largest absolute Gasteiger partial charge is 0.489 e. The predicted octanol–water partition coefficient (Wildman–Crippen LogP) is 3.16. The molecule has 172 valence electrons. The number of benzene rings is 1. The molecule has 0 spiro atoms. The van der Waals surface area contributed by atoms with E-state index < -0.39 is 23.6 Å². The van der Waals surface area contributed by atoms with E-state index in [1.54, 1.807) is 12.1 Å². The highest BCUT2D eigenvalue weighted by molar-refractivity contribution is 5.95. The van der Waals surface area contributed by atoms with Crippen molar-refractivity contribution in [3.8, 4) is 5.75 Å². The number of nitrogens with one attached hydrogen (secondary N) is 1. The van der Waals surface area contributed by atoms with Crippen molar-refractivity contribution in [2.24, 2.45) is 0 Å². The Balaban J connectivity index is 1.68. The lowest BCUT2D eigenvalue weighted by Gasteiger charge is -2.25. The second kappa shape index (κ2) is 10.4. The van der Waals surface area contributed by atoms with Gasteiger partial charge in [-0.05, 0) is 43.2 Å². The third-order valence-corrected chi connectivity index (χ3v) is 5.08. The molecule has 2 amide bonds. The summed E-state index contributed by atoms with van der Waals surface area (Å²) in [6, 6.07) is 7.29. The second-order valence-electron chi connectivity index (χ2n) is 7.28. The van der Waals surface area contributed by atoms with Crippen molar-refractivity contribution in [2.75, 3.05) is 33.4 Å². The van der Waals surface area contributed by atoms with Crippen LogP contribution in [0.5, 0.6) is 5.75 Å². The van der Waals surface area contributed by atoms with E-state index in [1.807, 2.05) is 0 Å². The Labute approximate surface area is 183 Å². The maximum atomic E-state index is 13.0. The maximum absolute atomic E-state index is 13.0. The summed E-state index contributed by atoms with van der Waals surface area (Å²) >= 11 is 0. The van der Waals surface area contributed by atoms with Crippen molar-refractivity contribution in [3.05, 3.63) is 59.4 Å². The molecule has 10 heteroatoms. The molecular weight excluding hydrogens is 427 g/mol. The van der Waals surface area contributed by atoms with Crippen LogP contribution >= 0.6 is 0 Å². The van der Waals surface area contributed by atoms with Gasteiger partial charge in [0, 0.05) is 32.0 Å². The fourth-order valence-corrected chi connectivity index (χ4v) is 3.48. The number of hydrogen-bond acceptors (Lipinski definition) is 5. The molecule has 1 N–H and O–H groups in total. The van der Waals surface area contributed by atoms with Crippen LogP contribution in [-0.2, 0) is 10.9 Å². The maximum Gasteiger partial charge on any atom is 0.416 e. The van der Waals surface area contributed by atoms with Crippen LogP contribution in [0.1, 0.15) is 39.3 Å². The molecule has 7 nitrogen and oxygen atoms in total. The summed E-state index contributed by atoms with van der Waals surface area (Å²) in [4.78, 5) is 30.8. The average molecular weight is 451 g/mol. The van der Waals surface area contributed by atoms with E-state index in [-0.39, 0.29) is 29.7 Å². The molecule has 1 aliphatic rings. The molecule has 0 saturated carbocycles. The molecular formula is C22H24F3N3O4. The second-order valence-corrected chi connectivity index (χ2v) is 7.28. The quantitative estimate of drug-likeness (QED) is 0.624. The number of methoxy groups -OCH3 is 1. The number of likely N-dealkylation sites (tertiary alicyclic amines) is 1. The Hall–Kier alpha value is -3.14. The first kappa shape index (κ1) is 23.5. The van der Waals surface area contributed by atoms with Crippen molar-refractivity contribution >= 4 is 11.8 Å². The van der Waals surface area contributed by atoms with Crippen molar-refractivity contribution in [1.29, 1.82) is 0 Å². The lowest BCUT2D eigenvalue weighted by Crippen LogP contribution is -2.39. The highest BCUT2D eigenvalue weighted by Gasteiger charge is 2.34. The fraction of sp³-hybridized carbons (Fsp3) is 0.409. The number of carbonyl (C=O) groups excluding carboxylic acids is 2. The van der Waals surface area contributed by atoms with Crippen LogP contribution in [0, 0.1) is 0 Å². The molecule has 3 rings (SSSR count). The fourth-order valence-electron chi connectivity index (χ4n) is 3.48. The highest BCUT2D eigenvalue weighted by atomic mass is 19.4. The third kappa shape index (κ3) is 5.76. The first-order valence-corrected chi connectivity index (χ1v) is 10.1. The monoisotopic (exact) mass is 451 g/mol. The number of halogens is 3. The van der Waals surface area contributed by atoms with Crippen LogP contribution in [0.15, 0.2) is 42.6 Å². The summed E-state index contributed by atoms with van der Waals surface area (Å²) in [6.45, 7) is 1.17. The van der Waals surface area contributed by atoms with E-state index >= 15 is 0 Å². The number of alkyl halides is 3. The standard InChI is InChI=1S/C22H24F3N3O4/c1-31-12-10-27-20(29)19-18(8-3-9-26-19)32-14-17-7-4-11-28(17)21(30)15-5-2-6-16(13-15)22(23,24)25/h2-3,5-6,8-9,13,17H,4,7,10-12,14H2,1H3,(H,27,29). The van der Waals surface area contributed by atoms with Crippen molar-refractivity contribution in [2.45, 2.75) is 25.1 Å². The summed E-state index contributed by atoms with van der Waals surface area (Å²) in [5.74, 6) is -0.632. The van der Waals surface area contributed by atoms with Gasteiger partial charge in [-0.1, -0.05) is 6.07 Å². The van der Waals surface area contributed by atoms with E-state index in [0.29, 0.717) is 32.5 Å². The number of aromatic nitrogens is 1. The molecule has 0 aliphatic carbocycles. The summed E-state index contributed by atoms with van der Waals surface area (Å²) in [5, 5.41) is 2.67. The molecule has 32 heavy (non-hydrogen) atoms. The van der Waals surface area contributed by atoms with Crippen LogP contribution in [-0.4, -0.2) is 61.2 Å². The van der Waals surface area contributed by atoms with Gasteiger partial charge in [-0.3, -0.25) is 9.59 Å². The predicted molar refractivity (Wildman–Crippen MR) is 109 cm³/mol. The highest BCUT2D eigenvalue weighted by Crippen LogP contribution is 2.30. The van der Waals surface area contributed by atoms with Gasteiger partial charge in [-0.2, -0.15) is 13.2 Å². The van der Waals surface area contributed by atoms with Gasteiger partial charge in [0.15, 0.2) is 11.4 Å². The van der Waals surface area contributed by atoms with Gasteiger partial charge >= 0.3 is 6.18 Å². The third-order valence-electron chi connectivity index (χ3n) is 5.08. The summed E-state index contributed by atoms with van der Waals surface area (Å²) in [5.41, 5.74) is -0.779. The number of hydrogen-bond donors (Lipinski definition) is 1. The Bertz CT molecular complexity index is 952. The number of amides is 2. The van der Waals surface area contributed by atoms with Crippen LogP contribution in [0.2, 0.25) is 0 Å². The molecule has 1 fully saturated rings. The summed E-state index contributed by atoms with van der Waals surface area (Å²) in [6.07, 6.45) is -1.71. The summed E-state index contributed by atoms with van der Waals surface area (Å²) < 4.78 is 49.7. The lowest BCUT2D eigenvalue weighted by atomic mass is 10.1. The Morgan fingerprint density at radius 2 is 2.06 bits per heavy atom. The zero-order chi connectivity index (χ0) is 23.1. The zero-order valence-electron chi connectivity index (χ0n) is 17.5. The van der Waals surface area contributed by atoms with E-state index in [4.69, 9.17) is 9.47 Å². The van der Waals surface area contributed by atoms with E-state index in [9.17, 15) is 22.8 Å². The number of carbonyl (C=O) groups is 2. The lowest BCUT2D eigenvalue weighted by molar-refractivity contribution is -0.137. The van der Waals surface area contributed by atoms with Gasteiger partial charge in [-0.15, -0.1) is 0 Å². The Kier molecular flexibility index (Phi) is 7.68. The van der Waals surface area contributed by atoms with E-state index in [0.717, 1.165) is 12.1 Å². The molecule has 1 saturated heterocycles. The van der Waals surface area contributed by atoms with Crippen LogP contribution < -0.4 is 10.1 Å². The van der Waals surface area contributed by atoms with Gasteiger partial charge in [0.25, 0.3) is 11.8 Å². The number of rotatable bonds is 8. The minimum atomic E-state index is -4.52. The number of nitrogens with zero attached hydrogens (tertiary/aromatic N) is 2. The first-order valence-electron chi connectivity index (χ1n) is 10.1. The first-order chi connectivity index (χ1) is 15.3. The van der Waals surface area contributed by atoms with Crippen LogP contribution in [0.3, 0.4) is 0 Å². The molecule has 2 heterocycles. The summed E-state index contributed by atoms with van der Waals surface area (Å²) in [7, 11) is 1.52. The topological polar surface area (TPSA) is 80.8 Å². The minimum Gasteiger partial charge on any atom is -0.489 e. The van der Waals surface area contributed by atoms with Crippen molar-refractivity contribution < 1.29 is 32.2 Å². The average Bonchev–Trinajstić information content (AvgIpc) is 3.25. The van der Waals surface area contributed by atoms with Gasteiger partial charge in [0.1, 0.15) is 6.61 Å². The molecule has 2 aromatic rings. The smallest absolute Gasteiger partial charge is 0.416 e. The normalized spacial score (nSPS) is 16.1. The Morgan fingerprint density at radius 1 is 1.25 bits per heavy atom. The SMILES string of the molecule is COCCNC(=O)c1ncccc1OCC1CCCN1C(=O)c1cccc(C(F)(F)F)c1. The van der Waals surface area contributed by atoms with E-state index in [1.165, 1.54) is 30.3 Å². The van der Waals surface area contributed by atoms with E-state index in [2.05, 4.69) is 10.3 Å². The molecule has 1 atom stereocenters. The van der Waals surface area contributed by atoms with Gasteiger partial charge < -0.3 is 19.7 Å². The number of pyridine rings is 1. The van der Waals surface area contributed by atoms with Crippen molar-refractivity contribution in [3.63, 3.8) is 0 Å². The van der Waals surface area contributed by atoms with Gasteiger partial charge in [-0.25, -0.2) is 4.98 Å². The molecule has 1 aromatic carbocycles. The number of ether oxygens (including phenoxy) is 2. The molecule has 0 bridgehead atoms. The molecule has 1 aliphatic heterocycles. The zero-order valence-corrected chi connectivity index (χ0v) is 17.5. The van der Waals surface area contributed by atoms with Crippen LogP contribution in [0.25, 0.3) is 0 Å². The molecule has 1 aromatic heterocycles. The van der Waals surface area contributed by atoms with Crippen molar-refractivity contribution in [1.82, 2.24) is 15.2 Å².